The summed E-state index contributed by atoms with van der Waals surface area (Å²) in [6, 6.07) is 14.1. The van der Waals surface area contributed by atoms with E-state index in [0.717, 1.165) is 28.9 Å². The van der Waals surface area contributed by atoms with Crippen molar-refractivity contribution >= 4 is 5.91 Å². The Morgan fingerprint density at radius 1 is 1.13 bits per heavy atom. The third kappa shape index (κ3) is 4.59. The van der Waals surface area contributed by atoms with Crippen molar-refractivity contribution in [2.45, 2.75) is 40.2 Å². The van der Waals surface area contributed by atoms with Crippen molar-refractivity contribution in [1.82, 2.24) is 5.32 Å². The summed E-state index contributed by atoms with van der Waals surface area (Å²) in [5.74, 6) is 0.685. The molecule has 0 aromatic heterocycles. The molecule has 0 bridgehead atoms. The smallest absolute Gasteiger partial charge is 0.258 e. The van der Waals surface area contributed by atoms with Crippen LogP contribution in [0.25, 0.3) is 0 Å². The zero-order valence-electron chi connectivity index (χ0n) is 14.3. The quantitative estimate of drug-likeness (QED) is 0.865. The van der Waals surface area contributed by atoms with Crippen molar-refractivity contribution in [3.05, 3.63) is 64.7 Å². The monoisotopic (exact) mass is 311 g/mol. The average molecular weight is 311 g/mol. The molecule has 2 aromatic carbocycles. The molecular formula is C20H25NO2. The van der Waals surface area contributed by atoms with Crippen LogP contribution < -0.4 is 10.1 Å². The minimum Gasteiger partial charge on any atom is -0.483 e. The zero-order valence-corrected chi connectivity index (χ0v) is 14.3. The third-order valence-corrected chi connectivity index (χ3v) is 4.07. The van der Waals surface area contributed by atoms with Gasteiger partial charge < -0.3 is 10.1 Å². The number of carbonyl (C=O) groups is 1. The Hall–Kier alpha value is -2.29. The Kier molecular flexibility index (Phi) is 5.80. The van der Waals surface area contributed by atoms with E-state index in [0.29, 0.717) is 0 Å². The van der Waals surface area contributed by atoms with Crippen LogP contribution in [0.15, 0.2) is 42.5 Å². The van der Waals surface area contributed by atoms with Gasteiger partial charge in [-0.15, -0.1) is 0 Å². The van der Waals surface area contributed by atoms with E-state index in [1.807, 2.05) is 50.2 Å². The molecule has 0 unspecified atom stereocenters. The molecule has 1 N–H and O–H groups in total. The molecule has 23 heavy (non-hydrogen) atoms. The largest absolute Gasteiger partial charge is 0.483 e. The predicted octanol–water partition coefficient (Wildman–Crippen LogP) is 4.26. The van der Waals surface area contributed by atoms with Gasteiger partial charge in [-0.25, -0.2) is 0 Å². The number of nitrogens with one attached hydrogen (secondary N) is 1. The van der Waals surface area contributed by atoms with Gasteiger partial charge >= 0.3 is 0 Å². The topological polar surface area (TPSA) is 38.3 Å². The third-order valence-electron chi connectivity index (χ3n) is 4.07. The summed E-state index contributed by atoms with van der Waals surface area (Å²) in [4.78, 5) is 12.2. The predicted molar refractivity (Wildman–Crippen MR) is 93.8 cm³/mol. The maximum atomic E-state index is 12.2. The molecule has 0 saturated carbocycles. The normalized spacial score (nSPS) is 11.8. The van der Waals surface area contributed by atoms with Crippen molar-refractivity contribution in [3.8, 4) is 5.75 Å². The molecule has 0 fully saturated rings. The number of rotatable bonds is 6. The van der Waals surface area contributed by atoms with Gasteiger partial charge in [-0.05, 0) is 55.5 Å². The molecule has 0 spiro atoms. The van der Waals surface area contributed by atoms with Gasteiger partial charge in [0.2, 0.25) is 0 Å². The molecule has 0 aliphatic carbocycles. The molecule has 0 aliphatic heterocycles. The molecule has 3 nitrogen and oxygen atoms in total. The molecule has 1 amide bonds. The standard InChI is InChI=1S/C20H25NO2/c1-5-18(17-9-7-6-8-10-17)21-20(22)13-23-19-12-14(2)11-15(3)16(19)4/h6-12,18H,5,13H2,1-4H3,(H,21,22)/t18-/m1/s1. The van der Waals surface area contributed by atoms with Crippen LogP contribution in [-0.2, 0) is 4.79 Å². The van der Waals surface area contributed by atoms with Gasteiger partial charge in [0.25, 0.3) is 5.91 Å². The molecule has 0 saturated heterocycles. The highest BCUT2D eigenvalue weighted by atomic mass is 16.5. The average Bonchev–Trinajstić information content (AvgIpc) is 2.55. The number of benzene rings is 2. The highest BCUT2D eigenvalue weighted by Crippen LogP contribution is 2.23. The SMILES string of the molecule is CC[C@@H](NC(=O)COc1cc(C)cc(C)c1C)c1ccccc1. The molecule has 0 heterocycles. The van der Waals surface area contributed by atoms with Gasteiger partial charge in [0.1, 0.15) is 5.75 Å². The van der Waals surface area contributed by atoms with Crippen molar-refractivity contribution < 1.29 is 9.53 Å². The lowest BCUT2D eigenvalue weighted by atomic mass is 10.0. The summed E-state index contributed by atoms with van der Waals surface area (Å²) < 4.78 is 5.73. The van der Waals surface area contributed by atoms with Crippen LogP contribution in [0.3, 0.4) is 0 Å². The van der Waals surface area contributed by atoms with Crippen molar-refractivity contribution in [3.63, 3.8) is 0 Å². The van der Waals surface area contributed by atoms with E-state index in [2.05, 4.69) is 25.2 Å². The second-order valence-electron chi connectivity index (χ2n) is 5.93. The van der Waals surface area contributed by atoms with Crippen molar-refractivity contribution in [1.29, 1.82) is 0 Å². The van der Waals surface area contributed by atoms with Gasteiger partial charge in [0, 0.05) is 0 Å². The van der Waals surface area contributed by atoms with Crippen LogP contribution in [0.4, 0.5) is 0 Å². The van der Waals surface area contributed by atoms with Gasteiger partial charge in [-0.2, -0.15) is 0 Å². The fourth-order valence-electron chi connectivity index (χ4n) is 2.64. The Labute approximate surface area is 138 Å². The maximum absolute atomic E-state index is 12.2. The lowest BCUT2D eigenvalue weighted by Gasteiger charge is -2.18. The Balaban J connectivity index is 1.97. The van der Waals surface area contributed by atoms with E-state index in [4.69, 9.17) is 4.74 Å². The van der Waals surface area contributed by atoms with Gasteiger partial charge in [0.15, 0.2) is 6.61 Å². The fourth-order valence-corrected chi connectivity index (χ4v) is 2.64. The molecular weight excluding hydrogens is 286 g/mol. The van der Waals surface area contributed by atoms with E-state index in [1.54, 1.807) is 0 Å². The van der Waals surface area contributed by atoms with Gasteiger partial charge in [-0.3, -0.25) is 4.79 Å². The van der Waals surface area contributed by atoms with Crippen molar-refractivity contribution in [2.75, 3.05) is 6.61 Å². The number of aryl methyl sites for hydroxylation is 2. The van der Waals surface area contributed by atoms with Crippen LogP contribution in [-0.4, -0.2) is 12.5 Å². The summed E-state index contributed by atoms with van der Waals surface area (Å²) in [6.07, 6.45) is 0.846. The molecule has 2 aromatic rings. The minimum atomic E-state index is -0.0979. The number of amides is 1. The molecule has 1 atom stereocenters. The van der Waals surface area contributed by atoms with E-state index in [-0.39, 0.29) is 18.6 Å². The first-order valence-electron chi connectivity index (χ1n) is 8.06. The lowest BCUT2D eigenvalue weighted by Crippen LogP contribution is -2.32. The van der Waals surface area contributed by atoms with E-state index >= 15 is 0 Å². The van der Waals surface area contributed by atoms with E-state index < -0.39 is 0 Å². The first kappa shape index (κ1) is 17.1. The molecule has 122 valence electrons. The Bertz CT molecular complexity index is 665. The lowest BCUT2D eigenvalue weighted by molar-refractivity contribution is -0.123. The van der Waals surface area contributed by atoms with E-state index in [9.17, 15) is 4.79 Å². The Morgan fingerprint density at radius 2 is 1.83 bits per heavy atom. The van der Waals surface area contributed by atoms with E-state index in [1.165, 1.54) is 5.56 Å². The van der Waals surface area contributed by atoms with Gasteiger partial charge in [0.05, 0.1) is 6.04 Å². The molecule has 0 aliphatic rings. The minimum absolute atomic E-state index is 0.0210. The van der Waals surface area contributed by atoms with Crippen LogP contribution >= 0.6 is 0 Å². The van der Waals surface area contributed by atoms with Gasteiger partial charge in [-0.1, -0.05) is 43.3 Å². The van der Waals surface area contributed by atoms with Crippen LogP contribution in [0.1, 0.15) is 41.6 Å². The number of ether oxygens (including phenoxy) is 1. The number of hydrogen-bond acceptors (Lipinski definition) is 2. The first-order chi connectivity index (χ1) is 11.0. The highest BCUT2D eigenvalue weighted by molar-refractivity contribution is 5.78. The molecule has 0 radical (unpaired) electrons. The Morgan fingerprint density at radius 3 is 2.48 bits per heavy atom. The number of carbonyl (C=O) groups excluding carboxylic acids is 1. The second kappa shape index (κ2) is 7.82. The maximum Gasteiger partial charge on any atom is 0.258 e. The zero-order chi connectivity index (χ0) is 16.8. The molecule has 2 rings (SSSR count). The summed E-state index contributed by atoms with van der Waals surface area (Å²) in [5, 5.41) is 3.04. The summed E-state index contributed by atoms with van der Waals surface area (Å²) >= 11 is 0. The van der Waals surface area contributed by atoms with Crippen molar-refractivity contribution in [2.24, 2.45) is 0 Å². The molecule has 3 heteroatoms. The van der Waals surface area contributed by atoms with Crippen LogP contribution in [0, 0.1) is 20.8 Å². The second-order valence-corrected chi connectivity index (χ2v) is 5.93. The fraction of sp³-hybridized carbons (Fsp3) is 0.350. The highest BCUT2D eigenvalue weighted by Gasteiger charge is 2.13. The summed E-state index contributed by atoms with van der Waals surface area (Å²) in [7, 11) is 0. The first-order valence-corrected chi connectivity index (χ1v) is 8.06. The van der Waals surface area contributed by atoms with Crippen LogP contribution in [0.2, 0.25) is 0 Å². The summed E-state index contributed by atoms with van der Waals surface area (Å²) in [5.41, 5.74) is 4.51. The summed E-state index contributed by atoms with van der Waals surface area (Å²) in [6.45, 7) is 8.19. The number of hydrogen-bond donors (Lipinski definition) is 1. The van der Waals surface area contributed by atoms with Crippen LogP contribution in [0.5, 0.6) is 5.75 Å².